The molecule has 3 rings (SSSR count). The Bertz CT molecular complexity index is 582. The van der Waals surface area contributed by atoms with Crippen molar-refractivity contribution in [1.82, 2.24) is 19.8 Å². The summed E-state index contributed by atoms with van der Waals surface area (Å²) in [6, 6.07) is 0.556. The van der Waals surface area contributed by atoms with Crippen LogP contribution < -0.4 is 5.32 Å². The first-order chi connectivity index (χ1) is 11.3. The van der Waals surface area contributed by atoms with Gasteiger partial charge in [-0.15, -0.1) is 0 Å². The third kappa shape index (κ3) is 3.74. The Morgan fingerprint density at radius 3 is 2.75 bits per heavy atom. The zero-order valence-electron chi connectivity index (χ0n) is 15.3. The molecule has 1 aromatic heterocycles. The van der Waals surface area contributed by atoms with Gasteiger partial charge in [0.05, 0.1) is 6.54 Å². The van der Waals surface area contributed by atoms with Crippen molar-refractivity contribution in [2.45, 2.75) is 71.7 Å². The van der Waals surface area contributed by atoms with Gasteiger partial charge in [0.15, 0.2) is 0 Å². The lowest BCUT2D eigenvalue weighted by Gasteiger charge is -2.34. The number of nitrogens with one attached hydrogen (secondary N) is 1. The fourth-order valence-corrected chi connectivity index (χ4v) is 3.66. The molecule has 0 radical (unpaired) electrons. The Hall–Kier alpha value is -1.56. The maximum atomic E-state index is 12.2. The van der Waals surface area contributed by atoms with Crippen LogP contribution in [0.15, 0.2) is 12.4 Å². The zero-order valence-corrected chi connectivity index (χ0v) is 15.3. The molecule has 2 heterocycles. The number of aryl methyl sites for hydroxylation is 1. The van der Waals surface area contributed by atoms with E-state index in [4.69, 9.17) is 4.74 Å². The number of aromatic nitrogens is 2. The van der Waals surface area contributed by atoms with Crippen molar-refractivity contribution in [2.75, 3.05) is 13.1 Å². The number of amides is 1. The lowest BCUT2D eigenvalue weighted by Crippen LogP contribution is -2.43. The number of likely N-dealkylation sites (tertiary alicyclic amines) is 1. The molecular formula is C18H30N4O2. The van der Waals surface area contributed by atoms with Crippen LogP contribution in [0.5, 0.6) is 0 Å². The molecule has 2 aliphatic rings. The fraction of sp³-hybridized carbons (Fsp3) is 0.778. The van der Waals surface area contributed by atoms with Crippen LogP contribution in [-0.4, -0.2) is 45.3 Å². The summed E-state index contributed by atoms with van der Waals surface area (Å²) in [6.07, 6.45) is 7.05. The molecule has 1 atom stereocenters. The predicted molar refractivity (Wildman–Crippen MR) is 92.6 cm³/mol. The number of carbonyl (C=O) groups excluding carboxylic acids is 1. The van der Waals surface area contributed by atoms with E-state index in [1.54, 1.807) is 0 Å². The highest BCUT2D eigenvalue weighted by atomic mass is 16.6. The van der Waals surface area contributed by atoms with Crippen molar-refractivity contribution in [1.29, 1.82) is 0 Å². The zero-order chi connectivity index (χ0) is 17.4. The summed E-state index contributed by atoms with van der Waals surface area (Å²) in [6.45, 7) is 11.3. The van der Waals surface area contributed by atoms with E-state index in [1.807, 2.05) is 38.1 Å². The molecule has 1 aliphatic carbocycles. The summed E-state index contributed by atoms with van der Waals surface area (Å²) in [5, 5.41) is 3.66. The van der Waals surface area contributed by atoms with Crippen molar-refractivity contribution >= 4 is 6.09 Å². The van der Waals surface area contributed by atoms with Crippen LogP contribution >= 0.6 is 0 Å². The largest absolute Gasteiger partial charge is 0.444 e. The minimum Gasteiger partial charge on any atom is -0.444 e. The molecule has 1 amide bonds. The van der Waals surface area contributed by atoms with E-state index >= 15 is 0 Å². The van der Waals surface area contributed by atoms with Crippen molar-refractivity contribution < 1.29 is 9.53 Å². The average molecular weight is 334 g/mol. The quantitative estimate of drug-likeness (QED) is 0.920. The maximum absolute atomic E-state index is 12.2. The molecule has 0 bridgehead atoms. The second kappa shape index (κ2) is 6.39. The second-order valence-electron chi connectivity index (χ2n) is 8.10. The number of piperidine rings is 1. The van der Waals surface area contributed by atoms with Crippen molar-refractivity contribution in [3.8, 4) is 0 Å². The first kappa shape index (κ1) is 17.3. The van der Waals surface area contributed by atoms with Crippen LogP contribution in [-0.2, 0) is 17.8 Å². The van der Waals surface area contributed by atoms with Gasteiger partial charge in [0.1, 0.15) is 11.4 Å². The molecule has 6 heteroatoms. The monoisotopic (exact) mass is 334 g/mol. The number of hydrogen-bond acceptors (Lipinski definition) is 4. The van der Waals surface area contributed by atoms with Crippen LogP contribution in [0.4, 0.5) is 4.79 Å². The van der Waals surface area contributed by atoms with Crippen molar-refractivity contribution in [3.63, 3.8) is 0 Å². The molecule has 24 heavy (non-hydrogen) atoms. The first-order valence-electron chi connectivity index (χ1n) is 9.04. The average Bonchev–Trinajstić information content (AvgIpc) is 2.98. The molecule has 1 unspecified atom stereocenters. The fourth-order valence-electron chi connectivity index (χ4n) is 3.66. The number of ether oxygens (including phenoxy) is 1. The van der Waals surface area contributed by atoms with E-state index in [2.05, 4.69) is 21.8 Å². The molecule has 0 aromatic carbocycles. The summed E-state index contributed by atoms with van der Waals surface area (Å²) in [5.41, 5.74) is -0.0424. The van der Waals surface area contributed by atoms with E-state index in [1.165, 1.54) is 6.42 Å². The molecule has 1 aliphatic heterocycles. The Kier molecular flexibility index (Phi) is 4.60. The van der Waals surface area contributed by atoms with Crippen LogP contribution in [0.3, 0.4) is 0 Å². The van der Waals surface area contributed by atoms with E-state index in [0.717, 1.165) is 44.8 Å². The SMILES string of the molecule is CCn1ccnc1CNC1CC12CCN(C(=O)OC(C)(C)C)CC2. The van der Waals surface area contributed by atoms with E-state index in [-0.39, 0.29) is 6.09 Å². The molecule has 1 spiro atoms. The topological polar surface area (TPSA) is 59.4 Å². The van der Waals surface area contributed by atoms with Gasteiger partial charge in [-0.1, -0.05) is 0 Å². The minimum atomic E-state index is -0.420. The van der Waals surface area contributed by atoms with Gasteiger partial charge in [-0.3, -0.25) is 0 Å². The van der Waals surface area contributed by atoms with Crippen molar-refractivity contribution in [2.24, 2.45) is 5.41 Å². The number of imidazole rings is 1. The highest BCUT2D eigenvalue weighted by Crippen LogP contribution is 2.54. The van der Waals surface area contributed by atoms with Gasteiger partial charge in [0.2, 0.25) is 0 Å². The smallest absolute Gasteiger partial charge is 0.410 e. The molecule has 1 N–H and O–H groups in total. The number of rotatable bonds is 4. The van der Waals surface area contributed by atoms with E-state index < -0.39 is 5.60 Å². The summed E-state index contributed by atoms with van der Waals surface area (Å²) in [7, 11) is 0. The van der Waals surface area contributed by atoms with Gasteiger partial charge in [-0.25, -0.2) is 9.78 Å². The maximum Gasteiger partial charge on any atom is 0.410 e. The highest BCUT2D eigenvalue weighted by Gasteiger charge is 2.55. The van der Waals surface area contributed by atoms with E-state index in [9.17, 15) is 4.79 Å². The van der Waals surface area contributed by atoms with Crippen LogP contribution in [0.25, 0.3) is 0 Å². The summed E-state index contributed by atoms with van der Waals surface area (Å²) in [5.74, 6) is 1.10. The molecule has 6 nitrogen and oxygen atoms in total. The molecule has 134 valence electrons. The first-order valence-corrected chi connectivity index (χ1v) is 9.04. The molecule has 1 saturated carbocycles. The number of carbonyl (C=O) groups is 1. The lowest BCUT2D eigenvalue weighted by atomic mass is 9.93. The second-order valence-corrected chi connectivity index (χ2v) is 8.10. The van der Waals surface area contributed by atoms with Gasteiger partial charge >= 0.3 is 6.09 Å². The Labute approximate surface area is 144 Å². The van der Waals surface area contributed by atoms with Crippen LogP contribution in [0.2, 0.25) is 0 Å². The normalized spacial score (nSPS) is 22.7. The standard InChI is InChI=1S/C18H30N4O2/c1-5-21-11-8-19-15(21)13-20-14-12-18(14)6-9-22(10-7-18)16(23)24-17(2,3)4/h8,11,14,20H,5-7,9-10,12-13H2,1-4H3. The lowest BCUT2D eigenvalue weighted by molar-refractivity contribution is 0.0168. The Morgan fingerprint density at radius 2 is 2.12 bits per heavy atom. The Balaban J connectivity index is 1.45. The summed E-state index contributed by atoms with van der Waals surface area (Å²) < 4.78 is 7.65. The third-order valence-corrected chi connectivity index (χ3v) is 5.25. The predicted octanol–water partition coefficient (Wildman–Crippen LogP) is 2.78. The number of hydrogen-bond donors (Lipinski definition) is 1. The third-order valence-electron chi connectivity index (χ3n) is 5.25. The summed E-state index contributed by atoms with van der Waals surface area (Å²) >= 11 is 0. The van der Waals surface area contributed by atoms with Crippen LogP contribution in [0, 0.1) is 5.41 Å². The van der Waals surface area contributed by atoms with Crippen LogP contribution in [0.1, 0.15) is 52.8 Å². The summed E-state index contributed by atoms with van der Waals surface area (Å²) in [4.78, 5) is 18.4. The van der Waals surface area contributed by atoms with Gasteiger partial charge < -0.3 is 19.5 Å². The number of nitrogens with zero attached hydrogens (tertiary/aromatic N) is 3. The minimum absolute atomic E-state index is 0.174. The van der Waals surface area contributed by atoms with Gasteiger partial charge in [-0.2, -0.15) is 0 Å². The highest BCUT2D eigenvalue weighted by molar-refractivity contribution is 5.68. The molecule has 1 saturated heterocycles. The molecule has 1 aromatic rings. The van der Waals surface area contributed by atoms with Crippen molar-refractivity contribution in [3.05, 3.63) is 18.2 Å². The van der Waals surface area contributed by atoms with Gasteiger partial charge in [0.25, 0.3) is 0 Å². The molecular weight excluding hydrogens is 304 g/mol. The van der Waals surface area contributed by atoms with Gasteiger partial charge in [0, 0.05) is 38.1 Å². The van der Waals surface area contributed by atoms with Gasteiger partial charge in [-0.05, 0) is 52.4 Å². The Morgan fingerprint density at radius 1 is 1.42 bits per heavy atom. The molecule has 2 fully saturated rings. The van der Waals surface area contributed by atoms with E-state index in [0.29, 0.717) is 11.5 Å².